The molecule has 2 aromatic heterocycles. The standard InChI is InChI=1S/C21H22N4O/c1-14(2)11-12-25-20(15-7-6-8-16(13-15)26-3)24-19-21(25)23-18-10-5-4-9-17(18)22-19/h4-10,13-14H,11-12H2,1-3H3. The molecule has 0 aliphatic heterocycles. The molecule has 4 aromatic rings. The zero-order chi connectivity index (χ0) is 18.1. The van der Waals surface area contributed by atoms with Crippen LogP contribution in [0.15, 0.2) is 48.5 Å². The van der Waals surface area contributed by atoms with Crippen molar-refractivity contribution in [1.29, 1.82) is 0 Å². The molecular weight excluding hydrogens is 324 g/mol. The van der Waals surface area contributed by atoms with Gasteiger partial charge in [-0.2, -0.15) is 0 Å². The van der Waals surface area contributed by atoms with Gasteiger partial charge in [0, 0.05) is 12.1 Å². The predicted octanol–water partition coefficient (Wildman–Crippen LogP) is 4.70. The average Bonchev–Trinajstić information content (AvgIpc) is 3.02. The van der Waals surface area contributed by atoms with Crippen molar-refractivity contribution in [2.75, 3.05) is 7.11 Å². The molecule has 0 unspecified atom stereocenters. The first-order valence-electron chi connectivity index (χ1n) is 8.93. The van der Waals surface area contributed by atoms with Gasteiger partial charge in [-0.15, -0.1) is 0 Å². The second-order valence-electron chi connectivity index (χ2n) is 6.86. The van der Waals surface area contributed by atoms with Crippen molar-refractivity contribution >= 4 is 22.3 Å². The summed E-state index contributed by atoms with van der Waals surface area (Å²) in [6.07, 6.45) is 1.05. The molecule has 0 bridgehead atoms. The Labute approximate surface area is 152 Å². The summed E-state index contributed by atoms with van der Waals surface area (Å²) >= 11 is 0. The third-order valence-corrected chi connectivity index (χ3v) is 4.52. The Balaban J connectivity index is 1.94. The van der Waals surface area contributed by atoms with Crippen LogP contribution < -0.4 is 4.74 Å². The highest BCUT2D eigenvalue weighted by Crippen LogP contribution is 2.27. The molecule has 0 aliphatic rings. The summed E-state index contributed by atoms with van der Waals surface area (Å²) in [6, 6.07) is 15.9. The molecular formula is C21H22N4O. The summed E-state index contributed by atoms with van der Waals surface area (Å²) in [7, 11) is 1.68. The summed E-state index contributed by atoms with van der Waals surface area (Å²) in [5, 5.41) is 0. The minimum atomic E-state index is 0.596. The highest BCUT2D eigenvalue weighted by atomic mass is 16.5. The van der Waals surface area contributed by atoms with Crippen molar-refractivity contribution in [1.82, 2.24) is 19.5 Å². The van der Waals surface area contributed by atoms with Crippen LogP contribution in [0.5, 0.6) is 5.75 Å². The Morgan fingerprint density at radius 3 is 2.46 bits per heavy atom. The lowest BCUT2D eigenvalue weighted by atomic mass is 10.1. The molecule has 0 fully saturated rings. The van der Waals surface area contributed by atoms with Crippen LogP contribution in [0.2, 0.25) is 0 Å². The van der Waals surface area contributed by atoms with Gasteiger partial charge in [0.05, 0.1) is 18.1 Å². The van der Waals surface area contributed by atoms with E-state index >= 15 is 0 Å². The first-order valence-corrected chi connectivity index (χ1v) is 8.93. The van der Waals surface area contributed by atoms with Crippen molar-refractivity contribution in [2.24, 2.45) is 5.92 Å². The Kier molecular flexibility index (Phi) is 4.29. The number of rotatable bonds is 5. The monoisotopic (exact) mass is 346 g/mol. The van der Waals surface area contributed by atoms with E-state index in [1.165, 1.54) is 0 Å². The van der Waals surface area contributed by atoms with Gasteiger partial charge in [-0.1, -0.05) is 38.1 Å². The van der Waals surface area contributed by atoms with E-state index in [-0.39, 0.29) is 0 Å². The second kappa shape index (κ2) is 6.75. The van der Waals surface area contributed by atoms with Gasteiger partial charge in [-0.3, -0.25) is 0 Å². The van der Waals surface area contributed by atoms with Crippen LogP contribution in [0, 0.1) is 5.92 Å². The van der Waals surface area contributed by atoms with E-state index in [0.717, 1.165) is 46.8 Å². The lowest BCUT2D eigenvalue weighted by Crippen LogP contribution is -2.05. The maximum absolute atomic E-state index is 5.38. The molecule has 0 atom stereocenters. The molecule has 0 saturated carbocycles. The van der Waals surface area contributed by atoms with Crippen molar-refractivity contribution in [3.05, 3.63) is 48.5 Å². The third-order valence-electron chi connectivity index (χ3n) is 4.52. The largest absolute Gasteiger partial charge is 0.497 e. The molecule has 26 heavy (non-hydrogen) atoms. The number of hydrogen-bond donors (Lipinski definition) is 0. The lowest BCUT2D eigenvalue weighted by molar-refractivity contribution is 0.415. The molecule has 0 radical (unpaired) electrons. The lowest BCUT2D eigenvalue weighted by Gasteiger charge is -2.11. The van der Waals surface area contributed by atoms with Crippen LogP contribution in [0.3, 0.4) is 0 Å². The van der Waals surface area contributed by atoms with E-state index < -0.39 is 0 Å². The van der Waals surface area contributed by atoms with Crippen LogP contribution >= 0.6 is 0 Å². The van der Waals surface area contributed by atoms with Crippen LogP contribution in [0.1, 0.15) is 20.3 Å². The summed E-state index contributed by atoms with van der Waals surface area (Å²) in [6.45, 7) is 5.31. The predicted molar refractivity (Wildman–Crippen MR) is 104 cm³/mol. The van der Waals surface area contributed by atoms with Crippen LogP contribution in [-0.2, 0) is 6.54 Å². The van der Waals surface area contributed by atoms with Gasteiger partial charge < -0.3 is 9.30 Å². The van der Waals surface area contributed by atoms with Gasteiger partial charge in [0.25, 0.3) is 0 Å². The molecule has 0 spiro atoms. The minimum absolute atomic E-state index is 0.596. The maximum Gasteiger partial charge on any atom is 0.198 e. The fourth-order valence-electron chi connectivity index (χ4n) is 3.08. The molecule has 2 heterocycles. The fourth-order valence-corrected chi connectivity index (χ4v) is 3.08. The summed E-state index contributed by atoms with van der Waals surface area (Å²) in [5.74, 6) is 2.30. The molecule has 0 saturated heterocycles. The average molecular weight is 346 g/mol. The summed E-state index contributed by atoms with van der Waals surface area (Å²) < 4.78 is 7.57. The number of fused-ring (bicyclic) bond motifs is 2. The molecule has 132 valence electrons. The van der Waals surface area contributed by atoms with E-state index in [4.69, 9.17) is 19.7 Å². The number of aromatic nitrogens is 4. The van der Waals surface area contributed by atoms with Crippen molar-refractivity contribution < 1.29 is 4.74 Å². The number of aryl methyl sites for hydroxylation is 1. The Morgan fingerprint density at radius 1 is 0.962 bits per heavy atom. The number of benzene rings is 2. The summed E-state index contributed by atoms with van der Waals surface area (Å²) in [5.41, 5.74) is 4.29. The van der Waals surface area contributed by atoms with E-state index in [9.17, 15) is 0 Å². The number of para-hydroxylation sites is 2. The number of imidazole rings is 1. The Bertz CT molecular complexity index is 1070. The van der Waals surface area contributed by atoms with Crippen molar-refractivity contribution in [2.45, 2.75) is 26.8 Å². The van der Waals surface area contributed by atoms with Gasteiger partial charge >= 0.3 is 0 Å². The number of methoxy groups -OCH3 is 1. The zero-order valence-corrected chi connectivity index (χ0v) is 15.3. The Hall–Kier alpha value is -2.95. The molecule has 4 rings (SSSR count). The normalized spacial score (nSPS) is 11.5. The third kappa shape index (κ3) is 3.01. The summed E-state index contributed by atoms with van der Waals surface area (Å²) in [4.78, 5) is 14.4. The van der Waals surface area contributed by atoms with Crippen molar-refractivity contribution in [3.63, 3.8) is 0 Å². The van der Waals surface area contributed by atoms with Gasteiger partial charge in [0.15, 0.2) is 11.3 Å². The maximum atomic E-state index is 5.38. The first-order chi connectivity index (χ1) is 12.7. The Morgan fingerprint density at radius 2 is 1.73 bits per heavy atom. The van der Waals surface area contributed by atoms with Crippen LogP contribution in [0.4, 0.5) is 0 Å². The zero-order valence-electron chi connectivity index (χ0n) is 15.3. The fraction of sp³-hybridized carbons (Fsp3) is 0.286. The molecule has 0 N–H and O–H groups in total. The van der Waals surface area contributed by atoms with E-state index in [2.05, 4.69) is 24.5 Å². The number of nitrogens with zero attached hydrogens (tertiary/aromatic N) is 4. The minimum Gasteiger partial charge on any atom is -0.497 e. The van der Waals surface area contributed by atoms with E-state index in [1.54, 1.807) is 7.11 Å². The van der Waals surface area contributed by atoms with Gasteiger partial charge in [-0.25, -0.2) is 15.0 Å². The molecule has 0 aliphatic carbocycles. The van der Waals surface area contributed by atoms with Gasteiger partial charge in [0.1, 0.15) is 11.6 Å². The second-order valence-corrected chi connectivity index (χ2v) is 6.86. The smallest absolute Gasteiger partial charge is 0.198 e. The highest BCUT2D eigenvalue weighted by Gasteiger charge is 2.16. The number of ether oxygens (including phenoxy) is 1. The van der Waals surface area contributed by atoms with Gasteiger partial charge in [-0.05, 0) is 36.6 Å². The molecule has 5 heteroatoms. The number of hydrogen-bond acceptors (Lipinski definition) is 4. The topological polar surface area (TPSA) is 52.8 Å². The quantitative estimate of drug-likeness (QED) is 0.525. The molecule has 2 aromatic carbocycles. The van der Waals surface area contributed by atoms with Crippen LogP contribution in [0.25, 0.3) is 33.7 Å². The SMILES string of the molecule is COc1cccc(-c2nc3nc4ccccc4nc3n2CCC(C)C)c1. The van der Waals surface area contributed by atoms with Gasteiger partial charge in [0.2, 0.25) is 0 Å². The first kappa shape index (κ1) is 16.5. The molecule has 0 amide bonds. The van der Waals surface area contributed by atoms with E-state index in [1.807, 2.05) is 42.5 Å². The van der Waals surface area contributed by atoms with Crippen molar-refractivity contribution in [3.8, 4) is 17.1 Å². The highest BCUT2D eigenvalue weighted by molar-refractivity contribution is 5.84. The van der Waals surface area contributed by atoms with Crippen LogP contribution in [-0.4, -0.2) is 26.6 Å². The molecule has 5 nitrogen and oxygen atoms in total. The van der Waals surface area contributed by atoms with E-state index in [0.29, 0.717) is 11.6 Å².